The van der Waals surface area contributed by atoms with Crippen LogP contribution in [-0.2, 0) is 0 Å². The predicted octanol–water partition coefficient (Wildman–Crippen LogP) is 2.19. The zero-order chi connectivity index (χ0) is 7.40. The lowest BCUT2D eigenvalue weighted by Gasteiger charge is -2.00. The lowest BCUT2D eigenvalue weighted by molar-refractivity contribution is 0.848. The maximum absolute atomic E-state index is 5.59. The first-order valence-corrected chi connectivity index (χ1v) is 5.07. The van der Waals surface area contributed by atoms with Gasteiger partial charge in [0, 0.05) is 11.8 Å². The minimum atomic E-state index is 0.298. The second-order valence-electron chi connectivity index (χ2n) is 2.22. The molecule has 1 aromatic rings. The van der Waals surface area contributed by atoms with Gasteiger partial charge in [-0.05, 0) is 18.4 Å². The molecular weight excluding hydrogens is 162 g/mol. The summed E-state index contributed by atoms with van der Waals surface area (Å²) in [5.41, 5.74) is 5.59. The molecule has 1 atom stereocenters. The van der Waals surface area contributed by atoms with E-state index in [1.165, 1.54) is 4.21 Å². The zero-order valence-electron chi connectivity index (χ0n) is 5.91. The average Bonchev–Trinajstić information content (AvgIpc) is 2.34. The summed E-state index contributed by atoms with van der Waals surface area (Å²) in [5, 5.41) is 2.09. The summed E-state index contributed by atoms with van der Waals surface area (Å²) in [5.74, 6) is 1.01. The van der Waals surface area contributed by atoms with Crippen molar-refractivity contribution in [2.24, 2.45) is 5.73 Å². The standard InChI is InChI=1S/C7H11NS2/c1-6(8)5-10-7-3-2-4-9-7/h2-4,6H,5,8H2,1H3/t6-/m1/s1. The Kier molecular flexibility index (Phi) is 3.25. The van der Waals surface area contributed by atoms with Crippen LogP contribution in [-0.4, -0.2) is 11.8 Å². The van der Waals surface area contributed by atoms with Crippen molar-refractivity contribution < 1.29 is 0 Å². The van der Waals surface area contributed by atoms with Crippen molar-refractivity contribution in [2.75, 3.05) is 5.75 Å². The van der Waals surface area contributed by atoms with Gasteiger partial charge in [-0.3, -0.25) is 0 Å². The maximum atomic E-state index is 5.59. The van der Waals surface area contributed by atoms with Crippen LogP contribution in [0.2, 0.25) is 0 Å². The number of nitrogens with two attached hydrogens (primary N) is 1. The third kappa shape index (κ3) is 2.73. The molecule has 0 radical (unpaired) electrons. The first kappa shape index (κ1) is 8.11. The van der Waals surface area contributed by atoms with Gasteiger partial charge in [0.1, 0.15) is 0 Å². The summed E-state index contributed by atoms with van der Waals surface area (Å²) in [7, 11) is 0. The van der Waals surface area contributed by atoms with Crippen LogP contribution in [0.5, 0.6) is 0 Å². The topological polar surface area (TPSA) is 26.0 Å². The normalized spacial score (nSPS) is 13.4. The Bertz CT molecular complexity index is 170. The van der Waals surface area contributed by atoms with E-state index in [1.54, 1.807) is 11.3 Å². The highest BCUT2D eigenvalue weighted by Gasteiger charge is 1.96. The molecule has 56 valence electrons. The molecule has 0 unspecified atom stereocenters. The van der Waals surface area contributed by atoms with Gasteiger partial charge < -0.3 is 5.73 Å². The van der Waals surface area contributed by atoms with Crippen LogP contribution in [0, 0.1) is 0 Å². The first-order chi connectivity index (χ1) is 4.79. The molecule has 0 aliphatic heterocycles. The molecule has 2 N–H and O–H groups in total. The smallest absolute Gasteiger partial charge is 0.0599 e. The number of hydrogen-bond donors (Lipinski definition) is 1. The van der Waals surface area contributed by atoms with Crippen molar-refractivity contribution in [3.8, 4) is 0 Å². The summed E-state index contributed by atoms with van der Waals surface area (Å²) in [6, 6.07) is 4.48. The van der Waals surface area contributed by atoms with Crippen LogP contribution < -0.4 is 5.73 Å². The van der Waals surface area contributed by atoms with E-state index in [2.05, 4.69) is 17.5 Å². The molecule has 0 bridgehead atoms. The summed E-state index contributed by atoms with van der Waals surface area (Å²) < 4.78 is 1.36. The maximum Gasteiger partial charge on any atom is 0.0599 e. The van der Waals surface area contributed by atoms with Gasteiger partial charge in [0.25, 0.3) is 0 Å². The lowest BCUT2D eigenvalue weighted by Crippen LogP contribution is -2.17. The van der Waals surface area contributed by atoms with Crippen LogP contribution in [0.4, 0.5) is 0 Å². The minimum Gasteiger partial charge on any atom is -0.327 e. The SMILES string of the molecule is C[C@@H](N)CSc1cccs1. The fourth-order valence-corrected chi connectivity index (χ4v) is 2.25. The van der Waals surface area contributed by atoms with Crippen LogP contribution in [0.15, 0.2) is 21.7 Å². The van der Waals surface area contributed by atoms with E-state index in [-0.39, 0.29) is 0 Å². The largest absolute Gasteiger partial charge is 0.327 e. The Morgan fingerprint density at radius 3 is 3.10 bits per heavy atom. The monoisotopic (exact) mass is 173 g/mol. The second kappa shape index (κ2) is 4.01. The van der Waals surface area contributed by atoms with Gasteiger partial charge in [0.05, 0.1) is 4.21 Å². The van der Waals surface area contributed by atoms with Crippen LogP contribution >= 0.6 is 23.1 Å². The molecule has 0 aliphatic rings. The molecular formula is C7H11NS2. The average molecular weight is 173 g/mol. The molecule has 0 amide bonds. The predicted molar refractivity (Wildman–Crippen MR) is 48.7 cm³/mol. The van der Waals surface area contributed by atoms with E-state index in [4.69, 9.17) is 5.73 Å². The number of thioether (sulfide) groups is 1. The van der Waals surface area contributed by atoms with Crippen LogP contribution in [0.1, 0.15) is 6.92 Å². The third-order valence-corrected chi connectivity index (χ3v) is 3.40. The van der Waals surface area contributed by atoms with Crippen molar-refractivity contribution >= 4 is 23.1 Å². The molecule has 10 heavy (non-hydrogen) atoms. The van der Waals surface area contributed by atoms with Gasteiger partial charge in [0.2, 0.25) is 0 Å². The highest BCUT2D eigenvalue weighted by atomic mass is 32.2. The second-order valence-corrected chi connectivity index (χ2v) is 4.49. The number of rotatable bonds is 3. The fraction of sp³-hybridized carbons (Fsp3) is 0.429. The van der Waals surface area contributed by atoms with E-state index in [0.29, 0.717) is 6.04 Å². The van der Waals surface area contributed by atoms with E-state index in [0.717, 1.165) is 5.75 Å². The lowest BCUT2D eigenvalue weighted by atomic mass is 10.4. The molecule has 0 aliphatic carbocycles. The number of hydrogen-bond acceptors (Lipinski definition) is 3. The third-order valence-electron chi connectivity index (χ3n) is 0.984. The Labute approximate surface area is 69.6 Å². The molecule has 0 aromatic carbocycles. The summed E-state index contributed by atoms with van der Waals surface area (Å²) >= 11 is 3.60. The molecule has 1 rings (SSSR count). The molecule has 0 saturated carbocycles. The Hall–Kier alpha value is 0.01000. The van der Waals surface area contributed by atoms with E-state index in [1.807, 2.05) is 18.7 Å². The van der Waals surface area contributed by atoms with Gasteiger partial charge in [-0.2, -0.15) is 0 Å². The van der Waals surface area contributed by atoms with E-state index < -0.39 is 0 Å². The molecule has 1 aromatic heterocycles. The highest BCUT2D eigenvalue weighted by molar-refractivity contribution is 8.01. The summed E-state index contributed by atoms with van der Waals surface area (Å²) in [6.07, 6.45) is 0. The summed E-state index contributed by atoms with van der Waals surface area (Å²) in [4.78, 5) is 0. The first-order valence-electron chi connectivity index (χ1n) is 3.21. The quantitative estimate of drug-likeness (QED) is 0.709. The van der Waals surface area contributed by atoms with Crippen molar-refractivity contribution in [1.29, 1.82) is 0 Å². The minimum absolute atomic E-state index is 0.298. The Morgan fingerprint density at radius 1 is 1.80 bits per heavy atom. The van der Waals surface area contributed by atoms with Crippen molar-refractivity contribution in [2.45, 2.75) is 17.2 Å². The molecule has 0 fully saturated rings. The van der Waals surface area contributed by atoms with Crippen LogP contribution in [0.3, 0.4) is 0 Å². The summed E-state index contributed by atoms with van der Waals surface area (Å²) in [6.45, 7) is 2.03. The molecule has 1 nitrogen and oxygen atoms in total. The van der Waals surface area contributed by atoms with Crippen molar-refractivity contribution in [3.63, 3.8) is 0 Å². The van der Waals surface area contributed by atoms with E-state index in [9.17, 15) is 0 Å². The van der Waals surface area contributed by atoms with Gasteiger partial charge >= 0.3 is 0 Å². The number of thiophene rings is 1. The molecule has 1 heterocycles. The van der Waals surface area contributed by atoms with Crippen molar-refractivity contribution in [1.82, 2.24) is 0 Å². The molecule has 0 saturated heterocycles. The zero-order valence-corrected chi connectivity index (χ0v) is 7.54. The van der Waals surface area contributed by atoms with Gasteiger partial charge in [-0.15, -0.1) is 23.1 Å². The molecule has 0 spiro atoms. The van der Waals surface area contributed by atoms with Crippen LogP contribution in [0.25, 0.3) is 0 Å². The van der Waals surface area contributed by atoms with Gasteiger partial charge in [-0.25, -0.2) is 0 Å². The Balaban J connectivity index is 2.28. The van der Waals surface area contributed by atoms with Crippen molar-refractivity contribution in [3.05, 3.63) is 17.5 Å². The van der Waals surface area contributed by atoms with Gasteiger partial charge in [-0.1, -0.05) is 6.07 Å². The van der Waals surface area contributed by atoms with Gasteiger partial charge in [0.15, 0.2) is 0 Å². The fourth-order valence-electron chi connectivity index (χ4n) is 0.559. The Morgan fingerprint density at radius 2 is 2.60 bits per heavy atom. The highest BCUT2D eigenvalue weighted by Crippen LogP contribution is 2.23. The van der Waals surface area contributed by atoms with E-state index >= 15 is 0 Å². The molecule has 3 heteroatoms.